The van der Waals surface area contributed by atoms with Gasteiger partial charge in [-0.3, -0.25) is 5.10 Å². The number of hydrogen-bond donors (Lipinski definition) is 3. The van der Waals surface area contributed by atoms with Crippen molar-refractivity contribution in [2.45, 2.75) is 39.8 Å². The molecular weight excluding hydrogens is 254 g/mol. The maximum Gasteiger partial charge on any atom is 0.152 e. The topological polar surface area (TPSA) is 74.1 Å². The molecule has 5 nitrogen and oxygen atoms in total. The SMILES string of the molecule is Cc1ccc(-c2[nH]ncc2CNCC(C)CC(C)O)o1. The van der Waals surface area contributed by atoms with Gasteiger partial charge in [-0.25, -0.2) is 0 Å². The van der Waals surface area contributed by atoms with E-state index in [1.165, 1.54) is 0 Å². The number of hydrogen-bond acceptors (Lipinski definition) is 4. The van der Waals surface area contributed by atoms with Crippen molar-refractivity contribution in [2.75, 3.05) is 6.54 Å². The van der Waals surface area contributed by atoms with Crippen molar-refractivity contribution in [3.05, 3.63) is 29.7 Å². The molecule has 0 bridgehead atoms. The molecule has 110 valence electrons. The molecule has 0 aliphatic rings. The van der Waals surface area contributed by atoms with Gasteiger partial charge in [-0.15, -0.1) is 0 Å². The highest BCUT2D eigenvalue weighted by atomic mass is 16.3. The Morgan fingerprint density at radius 3 is 2.85 bits per heavy atom. The number of aliphatic hydroxyl groups excluding tert-OH is 1. The van der Waals surface area contributed by atoms with Crippen molar-refractivity contribution < 1.29 is 9.52 Å². The Balaban J connectivity index is 1.90. The largest absolute Gasteiger partial charge is 0.460 e. The molecule has 0 amide bonds. The van der Waals surface area contributed by atoms with Gasteiger partial charge in [0.1, 0.15) is 11.5 Å². The van der Waals surface area contributed by atoms with Gasteiger partial charge in [0.2, 0.25) is 0 Å². The average Bonchev–Trinajstić information content (AvgIpc) is 2.96. The van der Waals surface area contributed by atoms with Crippen LogP contribution in [0.2, 0.25) is 0 Å². The summed E-state index contributed by atoms with van der Waals surface area (Å²) >= 11 is 0. The van der Waals surface area contributed by atoms with E-state index in [1.54, 1.807) is 0 Å². The molecule has 0 fully saturated rings. The molecule has 0 saturated carbocycles. The number of aryl methyl sites for hydroxylation is 1. The highest BCUT2D eigenvalue weighted by Gasteiger charge is 2.11. The average molecular weight is 277 g/mol. The van der Waals surface area contributed by atoms with E-state index >= 15 is 0 Å². The zero-order chi connectivity index (χ0) is 14.5. The molecular formula is C15H23N3O2. The molecule has 0 aliphatic carbocycles. The number of rotatable bonds is 7. The fourth-order valence-electron chi connectivity index (χ4n) is 2.35. The third-order valence-electron chi connectivity index (χ3n) is 3.26. The van der Waals surface area contributed by atoms with E-state index in [4.69, 9.17) is 4.42 Å². The molecule has 2 aromatic heterocycles. The summed E-state index contributed by atoms with van der Waals surface area (Å²) in [6, 6.07) is 3.89. The van der Waals surface area contributed by atoms with E-state index in [9.17, 15) is 5.11 Å². The van der Waals surface area contributed by atoms with E-state index in [0.29, 0.717) is 5.92 Å². The number of nitrogens with one attached hydrogen (secondary N) is 2. The summed E-state index contributed by atoms with van der Waals surface area (Å²) in [5.74, 6) is 2.14. The fraction of sp³-hybridized carbons (Fsp3) is 0.533. The Bertz CT molecular complexity index is 531. The van der Waals surface area contributed by atoms with Crippen LogP contribution in [0, 0.1) is 12.8 Å². The van der Waals surface area contributed by atoms with Crippen LogP contribution in [0.1, 0.15) is 31.6 Å². The monoisotopic (exact) mass is 277 g/mol. The van der Waals surface area contributed by atoms with Crippen molar-refractivity contribution in [1.29, 1.82) is 0 Å². The van der Waals surface area contributed by atoms with Gasteiger partial charge in [0.15, 0.2) is 5.76 Å². The van der Waals surface area contributed by atoms with Gasteiger partial charge in [0, 0.05) is 12.1 Å². The standard InChI is InChI=1S/C15H23N3O2/c1-10(6-11(2)19)7-16-8-13-9-17-18-15(13)14-5-4-12(3)20-14/h4-5,9-11,16,19H,6-8H2,1-3H3,(H,17,18). The third kappa shape index (κ3) is 3.95. The van der Waals surface area contributed by atoms with Crippen LogP contribution in [0.25, 0.3) is 11.5 Å². The maximum atomic E-state index is 9.35. The molecule has 2 atom stereocenters. The van der Waals surface area contributed by atoms with Gasteiger partial charge in [0.05, 0.1) is 12.3 Å². The van der Waals surface area contributed by atoms with Crippen molar-refractivity contribution in [2.24, 2.45) is 5.92 Å². The number of furan rings is 1. The minimum Gasteiger partial charge on any atom is -0.460 e. The second-order valence-electron chi connectivity index (χ2n) is 5.50. The summed E-state index contributed by atoms with van der Waals surface area (Å²) in [6.07, 6.45) is 2.38. The first-order valence-electron chi connectivity index (χ1n) is 7.04. The number of aromatic amines is 1. The summed E-state index contributed by atoms with van der Waals surface area (Å²) in [7, 11) is 0. The number of H-pyrrole nitrogens is 1. The van der Waals surface area contributed by atoms with Crippen LogP contribution in [0.3, 0.4) is 0 Å². The molecule has 2 rings (SSSR count). The Morgan fingerprint density at radius 1 is 1.40 bits per heavy atom. The summed E-state index contributed by atoms with van der Waals surface area (Å²) in [6.45, 7) is 7.48. The van der Waals surface area contributed by atoms with Gasteiger partial charge in [-0.05, 0) is 44.9 Å². The van der Waals surface area contributed by atoms with E-state index in [0.717, 1.165) is 42.3 Å². The Hall–Kier alpha value is -1.59. The van der Waals surface area contributed by atoms with E-state index in [1.807, 2.05) is 32.2 Å². The highest BCUT2D eigenvalue weighted by molar-refractivity contribution is 5.56. The minimum absolute atomic E-state index is 0.248. The van der Waals surface area contributed by atoms with E-state index in [2.05, 4.69) is 22.4 Å². The van der Waals surface area contributed by atoms with Crippen LogP contribution in [0.5, 0.6) is 0 Å². The maximum absolute atomic E-state index is 9.35. The second kappa shape index (κ2) is 6.72. The number of aromatic nitrogens is 2. The minimum atomic E-state index is -0.248. The van der Waals surface area contributed by atoms with Crippen LogP contribution < -0.4 is 5.32 Å². The van der Waals surface area contributed by atoms with Gasteiger partial charge >= 0.3 is 0 Å². The second-order valence-corrected chi connectivity index (χ2v) is 5.50. The molecule has 0 aliphatic heterocycles. The Morgan fingerprint density at radius 2 is 2.20 bits per heavy atom. The molecule has 2 aromatic rings. The quantitative estimate of drug-likeness (QED) is 0.727. The predicted octanol–water partition coefficient (Wildman–Crippen LogP) is 2.47. The molecule has 3 N–H and O–H groups in total. The number of nitrogens with zero attached hydrogens (tertiary/aromatic N) is 1. The van der Waals surface area contributed by atoms with Crippen LogP contribution in [0.15, 0.2) is 22.7 Å². The fourth-order valence-corrected chi connectivity index (χ4v) is 2.35. The van der Waals surface area contributed by atoms with Gasteiger partial charge in [-0.1, -0.05) is 6.92 Å². The zero-order valence-corrected chi connectivity index (χ0v) is 12.3. The number of aliphatic hydroxyl groups is 1. The summed E-state index contributed by atoms with van der Waals surface area (Å²) in [5, 5.41) is 19.8. The van der Waals surface area contributed by atoms with Crippen molar-refractivity contribution in [1.82, 2.24) is 15.5 Å². The van der Waals surface area contributed by atoms with Crippen LogP contribution in [-0.4, -0.2) is 28.0 Å². The Kier molecular flexibility index (Phi) is 4.98. The lowest BCUT2D eigenvalue weighted by molar-refractivity contribution is 0.163. The molecule has 5 heteroatoms. The lowest BCUT2D eigenvalue weighted by Gasteiger charge is -2.14. The molecule has 0 radical (unpaired) electrons. The summed E-state index contributed by atoms with van der Waals surface area (Å²) in [5.41, 5.74) is 2.01. The molecule has 2 heterocycles. The predicted molar refractivity (Wildman–Crippen MR) is 78.2 cm³/mol. The first-order valence-corrected chi connectivity index (χ1v) is 7.04. The van der Waals surface area contributed by atoms with Crippen LogP contribution in [-0.2, 0) is 6.54 Å². The summed E-state index contributed by atoms with van der Waals surface area (Å²) in [4.78, 5) is 0. The zero-order valence-electron chi connectivity index (χ0n) is 12.3. The lowest BCUT2D eigenvalue weighted by atomic mass is 10.0. The van der Waals surface area contributed by atoms with Crippen LogP contribution >= 0.6 is 0 Å². The van der Waals surface area contributed by atoms with Crippen LogP contribution in [0.4, 0.5) is 0 Å². The molecule has 0 saturated heterocycles. The molecule has 2 unspecified atom stereocenters. The lowest BCUT2D eigenvalue weighted by Crippen LogP contribution is -2.23. The molecule has 0 spiro atoms. The van der Waals surface area contributed by atoms with Gasteiger partial charge in [0.25, 0.3) is 0 Å². The first kappa shape index (κ1) is 14.8. The Labute approximate surface area is 119 Å². The highest BCUT2D eigenvalue weighted by Crippen LogP contribution is 2.23. The van der Waals surface area contributed by atoms with Crippen molar-refractivity contribution in [3.63, 3.8) is 0 Å². The van der Waals surface area contributed by atoms with Gasteiger partial charge < -0.3 is 14.8 Å². The third-order valence-corrected chi connectivity index (χ3v) is 3.26. The normalized spacial score (nSPS) is 14.4. The van der Waals surface area contributed by atoms with Gasteiger partial charge in [-0.2, -0.15) is 5.10 Å². The van der Waals surface area contributed by atoms with Crippen molar-refractivity contribution >= 4 is 0 Å². The van der Waals surface area contributed by atoms with E-state index < -0.39 is 0 Å². The smallest absolute Gasteiger partial charge is 0.152 e. The molecule has 20 heavy (non-hydrogen) atoms. The van der Waals surface area contributed by atoms with E-state index in [-0.39, 0.29) is 6.10 Å². The van der Waals surface area contributed by atoms with Crippen molar-refractivity contribution in [3.8, 4) is 11.5 Å². The summed E-state index contributed by atoms with van der Waals surface area (Å²) < 4.78 is 5.62. The first-order chi connectivity index (χ1) is 9.56. The molecule has 0 aromatic carbocycles.